The van der Waals surface area contributed by atoms with Gasteiger partial charge in [0, 0.05) is 13.0 Å². The summed E-state index contributed by atoms with van der Waals surface area (Å²) in [5.41, 5.74) is 1.12. The maximum absolute atomic E-state index is 11.8. The van der Waals surface area contributed by atoms with Crippen LogP contribution >= 0.6 is 0 Å². The lowest BCUT2D eigenvalue weighted by molar-refractivity contribution is -0.149. The van der Waals surface area contributed by atoms with E-state index in [1.165, 1.54) is 0 Å². The molecule has 19 heavy (non-hydrogen) atoms. The summed E-state index contributed by atoms with van der Waals surface area (Å²) in [4.78, 5) is 11.8. The predicted molar refractivity (Wildman–Crippen MR) is 73.3 cm³/mol. The predicted octanol–water partition coefficient (Wildman–Crippen LogP) is 1.78. The molecule has 1 aromatic carbocycles. The third kappa shape index (κ3) is 4.24. The Balaban J connectivity index is 1.74. The van der Waals surface area contributed by atoms with Crippen LogP contribution in [0.4, 0.5) is 0 Å². The number of ether oxygens (including phenoxy) is 2. The van der Waals surface area contributed by atoms with Crippen molar-refractivity contribution in [2.75, 3.05) is 26.8 Å². The van der Waals surface area contributed by atoms with Crippen molar-refractivity contribution in [3.05, 3.63) is 29.8 Å². The number of nitrogens with one attached hydrogen (secondary N) is 1. The molecule has 104 valence electrons. The fraction of sp³-hybridized carbons (Fsp3) is 0.533. The van der Waals surface area contributed by atoms with Crippen LogP contribution in [0.3, 0.4) is 0 Å². The molecule has 1 aromatic rings. The summed E-state index contributed by atoms with van der Waals surface area (Å²) in [5.74, 6) is 0.787. The SMILES string of the molecule is COc1cccc(CCOC(=O)C2CCCNC2)c1. The lowest BCUT2D eigenvalue weighted by atomic mass is 10.0. The molecule has 1 aliphatic heterocycles. The van der Waals surface area contributed by atoms with Crippen molar-refractivity contribution >= 4 is 5.97 Å². The third-order valence-corrected chi connectivity index (χ3v) is 3.40. The Morgan fingerprint density at radius 2 is 2.37 bits per heavy atom. The van der Waals surface area contributed by atoms with Crippen LogP contribution in [0.15, 0.2) is 24.3 Å². The smallest absolute Gasteiger partial charge is 0.310 e. The van der Waals surface area contributed by atoms with Crippen molar-refractivity contribution in [3.8, 4) is 5.75 Å². The van der Waals surface area contributed by atoms with E-state index in [9.17, 15) is 4.79 Å². The summed E-state index contributed by atoms with van der Waals surface area (Å²) in [6.07, 6.45) is 2.71. The largest absolute Gasteiger partial charge is 0.497 e. The highest BCUT2D eigenvalue weighted by Gasteiger charge is 2.21. The highest BCUT2D eigenvalue weighted by molar-refractivity contribution is 5.72. The van der Waals surface area contributed by atoms with Crippen molar-refractivity contribution in [1.82, 2.24) is 5.32 Å². The molecule has 0 amide bonds. The van der Waals surface area contributed by atoms with Crippen molar-refractivity contribution in [1.29, 1.82) is 0 Å². The van der Waals surface area contributed by atoms with Crippen LogP contribution in [0.2, 0.25) is 0 Å². The monoisotopic (exact) mass is 263 g/mol. The molecule has 1 atom stereocenters. The molecule has 1 unspecified atom stereocenters. The molecule has 1 heterocycles. The van der Waals surface area contributed by atoms with Crippen LogP contribution < -0.4 is 10.1 Å². The Morgan fingerprint density at radius 1 is 1.47 bits per heavy atom. The minimum absolute atomic E-state index is 0.0269. The maximum Gasteiger partial charge on any atom is 0.310 e. The molecular weight excluding hydrogens is 242 g/mol. The topological polar surface area (TPSA) is 47.6 Å². The normalized spacial score (nSPS) is 18.9. The number of carbonyl (C=O) groups excluding carboxylic acids is 1. The molecule has 0 saturated carbocycles. The van der Waals surface area contributed by atoms with Crippen molar-refractivity contribution in [2.45, 2.75) is 19.3 Å². The van der Waals surface area contributed by atoms with Crippen molar-refractivity contribution < 1.29 is 14.3 Å². The minimum atomic E-state index is -0.0740. The van der Waals surface area contributed by atoms with Gasteiger partial charge in [0.1, 0.15) is 5.75 Å². The number of methoxy groups -OCH3 is 1. The van der Waals surface area contributed by atoms with E-state index in [1.54, 1.807) is 7.11 Å². The second-order valence-electron chi connectivity index (χ2n) is 4.81. The molecule has 4 nitrogen and oxygen atoms in total. The summed E-state index contributed by atoms with van der Waals surface area (Å²) >= 11 is 0. The van der Waals surface area contributed by atoms with Crippen LogP contribution in [0.5, 0.6) is 5.75 Å². The number of piperidine rings is 1. The average molecular weight is 263 g/mol. The van der Waals surface area contributed by atoms with Gasteiger partial charge in [-0.3, -0.25) is 4.79 Å². The molecule has 0 aliphatic carbocycles. The van der Waals surface area contributed by atoms with Gasteiger partial charge in [0.05, 0.1) is 19.6 Å². The molecule has 0 aromatic heterocycles. The van der Waals surface area contributed by atoms with Gasteiger partial charge in [-0.1, -0.05) is 12.1 Å². The van der Waals surface area contributed by atoms with Crippen molar-refractivity contribution in [2.24, 2.45) is 5.92 Å². The average Bonchev–Trinajstić information content (AvgIpc) is 2.48. The number of esters is 1. The summed E-state index contributed by atoms with van der Waals surface area (Å²) in [5, 5.41) is 3.22. The van der Waals surface area contributed by atoms with Crippen LogP contribution in [0.1, 0.15) is 18.4 Å². The summed E-state index contributed by atoms with van der Waals surface area (Å²) in [7, 11) is 1.65. The van der Waals surface area contributed by atoms with Gasteiger partial charge >= 0.3 is 5.97 Å². The highest BCUT2D eigenvalue weighted by atomic mass is 16.5. The standard InChI is InChI=1S/C15H21NO3/c1-18-14-6-2-4-12(10-14)7-9-19-15(17)13-5-3-8-16-11-13/h2,4,6,10,13,16H,3,5,7-9,11H2,1H3. The molecule has 2 rings (SSSR count). The fourth-order valence-corrected chi connectivity index (χ4v) is 2.27. The first kappa shape index (κ1) is 13.9. The van der Waals surface area contributed by atoms with Gasteiger partial charge in [0.25, 0.3) is 0 Å². The Morgan fingerprint density at radius 3 is 3.11 bits per heavy atom. The van der Waals surface area contributed by atoms with Crippen LogP contribution in [0.25, 0.3) is 0 Å². The molecule has 1 fully saturated rings. The molecule has 0 bridgehead atoms. The van der Waals surface area contributed by atoms with E-state index in [4.69, 9.17) is 9.47 Å². The van der Waals surface area contributed by atoms with Crippen LogP contribution in [-0.2, 0) is 16.0 Å². The molecule has 0 spiro atoms. The van der Waals surface area contributed by atoms with E-state index in [0.29, 0.717) is 6.61 Å². The minimum Gasteiger partial charge on any atom is -0.497 e. The zero-order chi connectivity index (χ0) is 13.5. The zero-order valence-corrected chi connectivity index (χ0v) is 11.4. The Labute approximate surface area is 114 Å². The third-order valence-electron chi connectivity index (χ3n) is 3.40. The van der Waals surface area contributed by atoms with E-state index < -0.39 is 0 Å². The van der Waals surface area contributed by atoms with E-state index in [1.807, 2.05) is 24.3 Å². The van der Waals surface area contributed by atoms with Crippen molar-refractivity contribution in [3.63, 3.8) is 0 Å². The Kier molecular flexibility index (Phi) is 5.21. The molecule has 1 saturated heterocycles. The van der Waals surface area contributed by atoms with E-state index in [2.05, 4.69) is 5.32 Å². The number of rotatable bonds is 5. The number of carbonyl (C=O) groups is 1. The van der Waals surface area contributed by atoms with Gasteiger partial charge < -0.3 is 14.8 Å². The van der Waals surface area contributed by atoms with Gasteiger partial charge in [0.2, 0.25) is 0 Å². The van der Waals surface area contributed by atoms with Gasteiger partial charge in [-0.2, -0.15) is 0 Å². The van der Waals surface area contributed by atoms with Crippen LogP contribution in [-0.4, -0.2) is 32.8 Å². The van der Waals surface area contributed by atoms with E-state index >= 15 is 0 Å². The number of hydrogen-bond acceptors (Lipinski definition) is 4. The molecule has 1 N–H and O–H groups in total. The molecular formula is C15H21NO3. The van der Waals surface area contributed by atoms with Gasteiger partial charge in [-0.25, -0.2) is 0 Å². The van der Waals surface area contributed by atoms with E-state index in [-0.39, 0.29) is 11.9 Å². The second-order valence-corrected chi connectivity index (χ2v) is 4.81. The maximum atomic E-state index is 11.8. The Bertz CT molecular complexity index is 414. The van der Waals surface area contributed by atoms with E-state index in [0.717, 1.165) is 43.7 Å². The van der Waals surface area contributed by atoms with Gasteiger partial charge in [-0.05, 0) is 37.1 Å². The van der Waals surface area contributed by atoms with Gasteiger partial charge in [-0.15, -0.1) is 0 Å². The van der Waals surface area contributed by atoms with Crippen LogP contribution in [0, 0.1) is 5.92 Å². The first-order valence-electron chi connectivity index (χ1n) is 6.80. The Hall–Kier alpha value is -1.55. The van der Waals surface area contributed by atoms with Gasteiger partial charge in [0.15, 0.2) is 0 Å². The zero-order valence-electron chi connectivity index (χ0n) is 11.4. The summed E-state index contributed by atoms with van der Waals surface area (Å²) < 4.78 is 10.5. The lowest BCUT2D eigenvalue weighted by Crippen LogP contribution is -2.35. The summed E-state index contributed by atoms with van der Waals surface area (Å²) in [6, 6.07) is 7.83. The molecule has 4 heteroatoms. The first-order chi connectivity index (χ1) is 9.29. The fourth-order valence-electron chi connectivity index (χ4n) is 2.27. The summed E-state index contributed by atoms with van der Waals surface area (Å²) in [6.45, 7) is 2.19. The lowest BCUT2D eigenvalue weighted by Gasteiger charge is -2.21. The quantitative estimate of drug-likeness (QED) is 0.823. The molecule has 1 aliphatic rings. The molecule has 0 radical (unpaired) electrons. The highest BCUT2D eigenvalue weighted by Crippen LogP contribution is 2.14. The number of hydrogen-bond donors (Lipinski definition) is 1. The second kappa shape index (κ2) is 7.14. The number of benzene rings is 1. The first-order valence-corrected chi connectivity index (χ1v) is 6.80.